The van der Waals surface area contributed by atoms with Crippen LogP contribution in [0.2, 0.25) is 0 Å². The molecule has 1 aliphatic rings. The van der Waals surface area contributed by atoms with Gasteiger partial charge in [-0.05, 0) is 25.8 Å². The van der Waals surface area contributed by atoms with E-state index in [2.05, 4.69) is 10.1 Å². The molecular formula is C10H18F3NO2. The van der Waals surface area contributed by atoms with E-state index in [0.29, 0.717) is 25.7 Å². The third-order valence-electron chi connectivity index (χ3n) is 2.32. The summed E-state index contributed by atoms with van der Waals surface area (Å²) < 4.78 is 44.8. The maximum Gasteiger partial charge on any atom is 0.411 e. The van der Waals surface area contributed by atoms with Gasteiger partial charge in [0.25, 0.3) is 0 Å². The molecule has 96 valence electrons. The Hall–Kier alpha value is -0.330. The average molecular weight is 241 g/mol. The van der Waals surface area contributed by atoms with Crippen LogP contribution in [-0.2, 0) is 9.47 Å². The molecular weight excluding hydrogens is 223 g/mol. The second-order valence-corrected chi connectivity index (χ2v) is 3.89. The van der Waals surface area contributed by atoms with E-state index in [9.17, 15) is 13.2 Å². The molecule has 1 aliphatic heterocycles. The highest BCUT2D eigenvalue weighted by Crippen LogP contribution is 2.14. The van der Waals surface area contributed by atoms with Gasteiger partial charge in [0.05, 0.1) is 6.61 Å². The fraction of sp³-hybridized carbons (Fsp3) is 1.00. The Balaban J connectivity index is 1.81. The van der Waals surface area contributed by atoms with Crippen molar-refractivity contribution >= 4 is 0 Å². The number of rotatable bonds is 7. The lowest BCUT2D eigenvalue weighted by molar-refractivity contribution is -0.174. The van der Waals surface area contributed by atoms with Crippen LogP contribution in [0.15, 0.2) is 0 Å². The lowest BCUT2D eigenvalue weighted by atomic mass is 10.2. The number of nitrogens with one attached hydrogen (secondary N) is 1. The van der Waals surface area contributed by atoms with Gasteiger partial charge in [-0.3, -0.25) is 0 Å². The second-order valence-electron chi connectivity index (χ2n) is 3.89. The molecule has 3 nitrogen and oxygen atoms in total. The van der Waals surface area contributed by atoms with Crippen LogP contribution in [0, 0.1) is 0 Å². The van der Waals surface area contributed by atoms with Crippen molar-refractivity contribution in [1.82, 2.24) is 5.32 Å². The van der Waals surface area contributed by atoms with Crippen molar-refractivity contribution in [3.05, 3.63) is 0 Å². The van der Waals surface area contributed by atoms with E-state index < -0.39 is 12.8 Å². The summed E-state index contributed by atoms with van der Waals surface area (Å²) >= 11 is 0. The van der Waals surface area contributed by atoms with Crippen molar-refractivity contribution < 1.29 is 22.6 Å². The summed E-state index contributed by atoms with van der Waals surface area (Å²) in [7, 11) is 0. The number of hydrogen-bond donors (Lipinski definition) is 1. The van der Waals surface area contributed by atoms with Crippen molar-refractivity contribution in [1.29, 1.82) is 0 Å². The molecule has 16 heavy (non-hydrogen) atoms. The van der Waals surface area contributed by atoms with Gasteiger partial charge in [0.2, 0.25) is 0 Å². The minimum atomic E-state index is -4.23. The first kappa shape index (κ1) is 13.7. The Kier molecular flexibility index (Phi) is 6.08. The van der Waals surface area contributed by atoms with Gasteiger partial charge in [0.1, 0.15) is 6.61 Å². The first-order valence-electron chi connectivity index (χ1n) is 5.53. The molecule has 1 saturated heterocycles. The van der Waals surface area contributed by atoms with Crippen LogP contribution in [0.25, 0.3) is 0 Å². The van der Waals surface area contributed by atoms with E-state index in [4.69, 9.17) is 4.74 Å². The van der Waals surface area contributed by atoms with Crippen LogP contribution in [0.1, 0.15) is 19.3 Å². The zero-order chi connectivity index (χ0) is 11.9. The van der Waals surface area contributed by atoms with E-state index in [1.54, 1.807) is 0 Å². The van der Waals surface area contributed by atoms with E-state index >= 15 is 0 Å². The molecule has 1 atom stereocenters. The van der Waals surface area contributed by atoms with Crippen LogP contribution < -0.4 is 5.32 Å². The molecule has 0 bridgehead atoms. The third-order valence-corrected chi connectivity index (χ3v) is 2.32. The Morgan fingerprint density at radius 3 is 2.56 bits per heavy atom. The highest BCUT2D eigenvalue weighted by molar-refractivity contribution is 4.73. The molecule has 0 aliphatic carbocycles. The van der Waals surface area contributed by atoms with Crippen LogP contribution in [0.3, 0.4) is 0 Å². The van der Waals surface area contributed by atoms with E-state index in [0.717, 1.165) is 13.0 Å². The Morgan fingerprint density at radius 2 is 1.94 bits per heavy atom. The normalized spacial score (nSPS) is 21.6. The Labute approximate surface area is 93.3 Å². The number of halogens is 3. The van der Waals surface area contributed by atoms with Gasteiger partial charge in [-0.25, -0.2) is 0 Å². The molecule has 0 spiro atoms. The highest BCUT2D eigenvalue weighted by Gasteiger charge is 2.27. The fourth-order valence-electron chi connectivity index (χ4n) is 1.58. The van der Waals surface area contributed by atoms with Gasteiger partial charge in [-0.15, -0.1) is 0 Å². The number of ether oxygens (including phenoxy) is 2. The molecule has 1 rings (SSSR count). The average Bonchev–Trinajstić information content (AvgIpc) is 2.67. The highest BCUT2D eigenvalue weighted by atomic mass is 19.4. The third kappa shape index (κ3) is 7.03. The van der Waals surface area contributed by atoms with Gasteiger partial charge < -0.3 is 14.8 Å². The fourth-order valence-corrected chi connectivity index (χ4v) is 1.58. The first-order valence-corrected chi connectivity index (χ1v) is 5.53. The predicted octanol–water partition coefficient (Wildman–Crippen LogP) is 1.72. The zero-order valence-electron chi connectivity index (χ0n) is 9.18. The monoisotopic (exact) mass is 241 g/mol. The second kappa shape index (κ2) is 7.09. The van der Waals surface area contributed by atoms with E-state index in [1.165, 1.54) is 6.42 Å². The zero-order valence-corrected chi connectivity index (χ0v) is 9.18. The lowest BCUT2D eigenvalue weighted by Gasteiger charge is -2.11. The van der Waals surface area contributed by atoms with Crippen molar-refractivity contribution in [2.24, 2.45) is 0 Å². The maximum absolute atomic E-state index is 11.7. The predicted molar refractivity (Wildman–Crippen MR) is 53.3 cm³/mol. The van der Waals surface area contributed by atoms with Crippen LogP contribution in [-0.4, -0.2) is 45.2 Å². The molecule has 0 aromatic carbocycles. The molecule has 0 saturated carbocycles. The molecule has 0 amide bonds. The molecule has 0 aromatic heterocycles. The van der Waals surface area contributed by atoms with Crippen LogP contribution in [0.5, 0.6) is 0 Å². The van der Waals surface area contributed by atoms with Crippen molar-refractivity contribution in [2.75, 3.05) is 33.0 Å². The number of alkyl halides is 3. The SMILES string of the molecule is FC(F)(F)COCCCOCC1CCCN1. The van der Waals surface area contributed by atoms with E-state index in [1.807, 2.05) is 0 Å². The summed E-state index contributed by atoms with van der Waals surface area (Å²) in [5, 5.41) is 3.27. The van der Waals surface area contributed by atoms with Gasteiger partial charge in [0.15, 0.2) is 0 Å². The molecule has 0 radical (unpaired) electrons. The first-order chi connectivity index (χ1) is 7.58. The summed E-state index contributed by atoms with van der Waals surface area (Å²) in [6.45, 7) is 1.05. The Morgan fingerprint density at radius 1 is 1.19 bits per heavy atom. The van der Waals surface area contributed by atoms with Crippen molar-refractivity contribution in [3.8, 4) is 0 Å². The van der Waals surface area contributed by atoms with Crippen LogP contribution in [0.4, 0.5) is 13.2 Å². The van der Waals surface area contributed by atoms with Crippen molar-refractivity contribution in [2.45, 2.75) is 31.5 Å². The molecule has 1 N–H and O–H groups in total. The van der Waals surface area contributed by atoms with Crippen molar-refractivity contribution in [3.63, 3.8) is 0 Å². The minimum Gasteiger partial charge on any atom is -0.380 e. The maximum atomic E-state index is 11.7. The summed E-state index contributed by atoms with van der Waals surface area (Å²) in [5.74, 6) is 0. The van der Waals surface area contributed by atoms with Gasteiger partial charge in [-0.2, -0.15) is 13.2 Å². The summed E-state index contributed by atoms with van der Waals surface area (Å²) in [6, 6.07) is 0.413. The topological polar surface area (TPSA) is 30.5 Å². The summed E-state index contributed by atoms with van der Waals surface area (Å²) in [6.07, 6.45) is -1.44. The number of hydrogen-bond acceptors (Lipinski definition) is 3. The molecule has 1 fully saturated rings. The largest absolute Gasteiger partial charge is 0.411 e. The minimum absolute atomic E-state index is 0.0948. The Bertz CT molecular complexity index is 181. The van der Waals surface area contributed by atoms with Gasteiger partial charge >= 0.3 is 6.18 Å². The van der Waals surface area contributed by atoms with E-state index in [-0.39, 0.29) is 6.61 Å². The van der Waals surface area contributed by atoms with Gasteiger partial charge in [0, 0.05) is 19.3 Å². The lowest BCUT2D eigenvalue weighted by Crippen LogP contribution is -2.27. The smallest absolute Gasteiger partial charge is 0.380 e. The quantitative estimate of drug-likeness (QED) is 0.688. The summed E-state index contributed by atoms with van der Waals surface area (Å²) in [5.41, 5.74) is 0. The van der Waals surface area contributed by atoms with Crippen LogP contribution >= 0.6 is 0 Å². The standard InChI is InChI=1S/C10H18F3NO2/c11-10(12,13)8-16-6-2-5-15-7-9-3-1-4-14-9/h9,14H,1-8H2. The van der Waals surface area contributed by atoms with Gasteiger partial charge in [-0.1, -0.05) is 0 Å². The molecule has 1 heterocycles. The molecule has 1 unspecified atom stereocenters. The summed E-state index contributed by atoms with van der Waals surface area (Å²) in [4.78, 5) is 0. The molecule has 6 heteroatoms. The molecule has 0 aromatic rings.